The molecule has 1 aromatic heterocycles. The molecule has 0 spiro atoms. The van der Waals surface area contributed by atoms with Gasteiger partial charge in [0.2, 0.25) is 0 Å². The van der Waals surface area contributed by atoms with E-state index >= 15 is 0 Å². The molecule has 1 N–H and O–H groups in total. The minimum atomic E-state index is -4.68. The second kappa shape index (κ2) is 10.4. The topological polar surface area (TPSA) is 60.5 Å². The van der Waals surface area contributed by atoms with Crippen molar-refractivity contribution in [3.05, 3.63) is 84.4 Å². The number of nitrogens with one attached hydrogen (secondary N) is 1. The van der Waals surface area contributed by atoms with Gasteiger partial charge in [-0.2, -0.15) is 26.3 Å². The second-order valence-electron chi connectivity index (χ2n) is 7.89. The van der Waals surface area contributed by atoms with E-state index in [-0.39, 0.29) is 11.3 Å². The lowest BCUT2D eigenvalue weighted by Gasteiger charge is -2.15. The SMILES string of the molecule is O=C(Nc1cc(OCC(F)(F)F)cc(OCC(F)(F)F)c1)c1cc(-c2ccccc2)nc2ccccc12. The Labute approximate surface area is 206 Å². The molecular formula is C26H18F6N2O3. The Balaban J connectivity index is 1.69. The van der Waals surface area contributed by atoms with Crippen molar-refractivity contribution in [2.75, 3.05) is 18.5 Å². The Bertz CT molecular complexity index is 1370. The van der Waals surface area contributed by atoms with E-state index in [2.05, 4.69) is 19.8 Å². The van der Waals surface area contributed by atoms with Gasteiger partial charge in [0, 0.05) is 34.8 Å². The zero-order chi connectivity index (χ0) is 26.6. The van der Waals surface area contributed by atoms with Crippen LogP contribution in [0.1, 0.15) is 10.4 Å². The number of alkyl halides is 6. The summed E-state index contributed by atoms with van der Waals surface area (Å²) in [5.74, 6) is -1.53. The third-order valence-electron chi connectivity index (χ3n) is 4.97. The molecule has 0 aliphatic rings. The lowest BCUT2D eigenvalue weighted by Crippen LogP contribution is -2.20. The van der Waals surface area contributed by atoms with Gasteiger partial charge in [-0.1, -0.05) is 48.5 Å². The Morgan fingerprint density at radius 3 is 1.92 bits per heavy atom. The number of nitrogens with zero attached hydrogens (tertiary/aromatic N) is 1. The summed E-state index contributed by atoms with van der Waals surface area (Å²) in [4.78, 5) is 17.9. The van der Waals surface area contributed by atoms with Crippen molar-refractivity contribution < 1.29 is 40.6 Å². The maximum Gasteiger partial charge on any atom is 0.422 e. The molecule has 0 aliphatic heterocycles. The van der Waals surface area contributed by atoms with Crippen molar-refractivity contribution in [2.24, 2.45) is 0 Å². The third-order valence-corrected chi connectivity index (χ3v) is 4.97. The first kappa shape index (κ1) is 25.8. The molecule has 1 amide bonds. The maximum absolute atomic E-state index is 13.3. The molecule has 0 saturated carbocycles. The number of fused-ring (bicyclic) bond motifs is 1. The first-order valence-corrected chi connectivity index (χ1v) is 10.8. The molecule has 11 heteroatoms. The number of hydrogen-bond donors (Lipinski definition) is 1. The van der Waals surface area contributed by atoms with Gasteiger partial charge >= 0.3 is 12.4 Å². The number of benzene rings is 3. The Morgan fingerprint density at radius 1 is 0.757 bits per heavy atom. The number of anilines is 1. The third kappa shape index (κ3) is 7.12. The fourth-order valence-electron chi connectivity index (χ4n) is 3.46. The number of halogens is 6. The molecule has 0 atom stereocenters. The van der Waals surface area contributed by atoms with E-state index in [4.69, 9.17) is 0 Å². The van der Waals surface area contributed by atoms with E-state index in [0.29, 0.717) is 16.6 Å². The zero-order valence-corrected chi connectivity index (χ0v) is 18.9. The van der Waals surface area contributed by atoms with Crippen molar-refractivity contribution in [1.82, 2.24) is 4.98 Å². The Hall–Kier alpha value is -4.28. The molecule has 4 rings (SSSR count). The Kier molecular flexibility index (Phi) is 7.23. The number of ether oxygens (including phenoxy) is 2. The highest BCUT2D eigenvalue weighted by Crippen LogP contribution is 2.31. The standard InChI is InChI=1S/C26H18F6N2O3/c27-25(28,29)14-36-18-10-17(11-19(12-18)37-15-26(30,31)32)33-24(35)21-13-23(16-6-2-1-3-7-16)34-22-9-5-4-8-20(21)22/h1-13H,14-15H2,(H,33,35). The van der Waals surface area contributed by atoms with Gasteiger partial charge in [0.1, 0.15) is 11.5 Å². The van der Waals surface area contributed by atoms with Gasteiger partial charge in [0.25, 0.3) is 5.91 Å². The molecule has 0 unspecified atom stereocenters. The number of para-hydroxylation sites is 1. The van der Waals surface area contributed by atoms with Gasteiger partial charge < -0.3 is 14.8 Å². The van der Waals surface area contributed by atoms with Crippen LogP contribution in [-0.2, 0) is 0 Å². The number of carbonyl (C=O) groups excluding carboxylic acids is 1. The fourth-order valence-corrected chi connectivity index (χ4v) is 3.46. The van der Waals surface area contributed by atoms with Gasteiger partial charge in [-0.15, -0.1) is 0 Å². The maximum atomic E-state index is 13.3. The van der Waals surface area contributed by atoms with Crippen LogP contribution in [0, 0.1) is 0 Å². The van der Waals surface area contributed by atoms with E-state index in [9.17, 15) is 31.1 Å². The summed E-state index contributed by atoms with van der Waals surface area (Å²) in [7, 11) is 0. The predicted molar refractivity (Wildman–Crippen MR) is 125 cm³/mol. The van der Waals surface area contributed by atoms with Crippen LogP contribution in [0.3, 0.4) is 0 Å². The van der Waals surface area contributed by atoms with Gasteiger partial charge in [-0.3, -0.25) is 4.79 Å². The molecule has 0 radical (unpaired) electrons. The number of pyridine rings is 1. The number of rotatable bonds is 7. The van der Waals surface area contributed by atoms with Crippen LogP contribution in [0.5, 0.6) is 11.5 Å². The molecule has 1 heterocycles. The molecule has 5 nitrogen and oxygen atoms in total. The predicted octanol–water partition coefficient (Wildman–Crippen LogP) is 7.04. The highest BCUT2D eigenvalue weighted by Gasteiger charge is 2.30. The smallest absolute Gasteiger partial charge is 0.422 e. The van der Waals surface area contributed by atoms with Crippen molar-refractivity contribution in [3.63, 3.8) is 0 Å². The summed E-state index contributed by atoms with van der Waals surface area (Å²) in [6.07, 6.45) is -9.37. The molecule has 37 heavy (non-hydrogen) atoms. The summed E-state index contributed by atoms with van der Waals surface area (Å²) >= 11 is 0. The van der Waals surface area contributed by atoms with Crippen LogP contribution in [0.15, 0.2) is 78.9 Å². The molecular weight excluding hydrogens is 502 g/mol. The summed E-state index contributed by atoms with van der Waals surface area (Å²) < 4.78 is 85.1. The molecule has 0 saturated heterocycles. The fraction of sp³-hybridized carbons (Fsp3) is 0.154. The lowest BCUT2D eigenvalue weighted by molar-refractivity contribution is -0.153. The lowest BCUT2D eigenvalue weighted by atomic mass is 10.0. The van der Waals surface area contributed by atoms with Crippen LogP contribution < -0.4 is 14.8 Å². The van der Waals surface area contributed by atoms with Crippen LogP contribution in [0.4, 0.5) is 32.0 Å². The van der Waals surface area contributed by atoms with Crippen molar-refractivity contribution in [2.45, 2.75) is 12.4 Å². The average molecular weight is 520 g/mol. The molecule has 192 valence electrons. The van der Waals surface area contributed by atoms with Crippen LogP contribution in [0.2, 0.25) is 0 Å². The second-order valence-corrected chi connectivity index (χ2v) is 7.89. The monoisotopic (exact) mass is 520 g/mol. The number of hydrogen-bond acceptors (Lipinski definition) is 4. The van der Waals surface area contributed by atoms with Crippen molar-refractivity contribution in [3.8, 4) is 22.8 Å². The van der Waals surface area contributed by atoms with E-state index in [1.165, 1.54) is 0 Å². The summed E-state index contributed by atoms with van der Waals surface area (Å²) in [6.45, 7) is -3.36. The number of carbonyl (C=O) groups is 1. The molecule has 0 aliphatic carbocycles. The van der Waals surface area contributed by atoms with Gasteiger partial charge in [0.05, 0.1) is 16.8 Å². The van der Waals surface area contributed by atoms with Gasteiger partial charge in [0.15, 0.2) is 13.2 Å². The summed E-state index contributed by atoms with van der Waals surface area (Å²) in [5.41, 5.74) is 1.84. The first-order valence-electron chi connectivity index (χ1n) is 10.8. The highest BCUT2D eigenvalue weighted by molar-refractivity contribution is 6.13. The van der Waals surface area contributed by atoms with Gasteiger partial charge in [-0.05, 0) is 12.1 Å². The molecule has 4 aromatic rings. The number of amides is 1. The highest BCUT2D eigenvalue weighted by atomic mass is 19.4. The summed E-state index contributed by atoms with van der Waals surface area (Å²) in [5, 5.41) is 3.01. The number of aromatic nitrogens is 1. The minimum Gasteiger partial charge on any atom is -0.484 e. The quantitative estimate of drug-likeness (QED) is 0.266. The van der Waals surface area contributed by atoms with Crippen molar-refractivity contribution >= 4 is 22.5 Å². The van der Waals surface area contributed by atoms with E-state index in [0.717, 1.165) is 23.8 Å². The minimum absolute atomic E-state index is 0.121. The van der Waals surface area contributed by atoms with Crippen LogP contribution in [-0.4, -0.2) is 36.5 Å². The van der Waals surface area contributed by atoms with E-state index in [1.807, 2.05) is 18.2 Å². The van der Waals surface area contributed by atoms with E-state index < -0.39 is 43.0 Å². The largest absolute Gasteiger partial charge is 0.484 e. The Morgan fingerprint density at radius 2 is 1.32 bits per heavy atom. The average Bonchev–Trinajstić information content (AvgIpc) is 2.85. The van der Waals surface area contributed by atoms with Crippen LogP contribution in [0.25, 0.3) is 22.2 Å². The van der Waals surface area contributed by atoms with Crippen LogP contribution >= 0.6 is 0 Å². The first-order chi connectivity index (χ1) is 17.5. The van der Waals surface area contributed by atoms with Crippen molar-refractivity contribution in [1.29, 1.82) is 0 Å². The molecule has 3 aromatic carbocycles. The normalized spacial score (nSPS) is 11.8. The van der Waals surface area contributed by atoms with Gasteiger partial charge in [-0.25, -0.2) is 4.98 Å². The van der Waals surface area contributed by atoms with E-state index in [1.54, 1.807) is 42.5 Å². The summed E-state index contributed by atoms with van der Waals surface area (Å²) in [6, 6.07) is 20.5. The molecule has 0 bridgehead atoms. The molecule has 0 fully saturated rings. The zero-order valence-electron chi connectivity index (χ0n) is 18.9.